The summed E-state index contributed by atoms with van der Waals surface area (Å²) in [5, 5.41) is 3.97. The summed E-state index contributed by atoms with van der Waals surface area (Å²) >= 11 is 0. The van der Waals surface area contributed by atoms with E-state index in [0.29, 0.717) is 18.3 Å². The van der Waals surface area contributed by atoms with Crippen LogP contribution in [0.4, 0.5) is 0 Å². The monoisotopic (exact) mass is 276 g/mol. The molecule has 2 aromatic rings. The molecule has 2 aromatic heterocycles. The molecule has 0 aromatic carbocycles. The summed E-state index contributed by atoms with van der Waals surface area (Å²) in [5.41, 5.74) is 8.87. The maximum absolute atomic E-state index is 6.02. The van der Waals surface area contributed by atoms with Gasteiger partial charge >= 0.3 is 0 Å². The Balaban J connectivity index is 2.12. The summed E-state index contributed by atoms with van der Waals surface area (Å²) < 4.78 is 10.2. The molecule has 0 radical (unpaired) electrons. The SMILES string of the molecule is COCCCC(N)c1nc(-c2ncc(C)cc2C)no1. The van der Waals surface area contributed by atoms with Crippen molar-refractivity contribution < 1.29 is 9.26 Å². The molecule has 6 heteroatoms. The third kappa shape index (κ3) is 3.40. The smallest absolute Gasteiger partial charge is 0.243 e. The van der Waals surface area contributed by atoms with Crippen LogP contribution in [-0.4, -0.2) is 28.8 Å². The third-order valence-electron chi connectivity index (χ3n) is 3.05. The summed E-state index contributed by atoms with van der Waals surface area (Å²) in [6, 6.07) is 1.77. The first-order chi connectivity index (χ1) is 9.61. The minimum absolute atomic E-state index is 0.267. The molecule has 0 aliphatic heterocycles. The van der Waals surface area contributed by atoms with E-state index in [0.717, 1.165) is 29.7 Å². The Kier molecular flexibility index (Phi) is 4.81. The van der Waals surface area contributed by atoms with E-state index >= 15 is 0 Å². The highest BCUT2D eigenvalue weighted by atomic mass is 16.5. The van der Waals surface area contributed by atoms with Crippen molar-refractivity contribution in [1.82, 2.24) is 15.1 Å². The number of nitrogens with zero attached hydrogens (tertiary/aromatic N) is 3. The second-order valence-electron chi connectivity index (χ2n) is 4.88. The average molecular weight is 276 g/mol. The molecule has 1 atom stereocenters. The van der Waals surface area contributed by atoms with Crippen molar-refractivity contribution in [2.75, 3.05) is 13.7 Å². The van der Waals surface area contributed by atoms with Gasteiger partial charge in [0.2, 0.25) is 11.7 Å². The third-order valence-corrected chi connectivity index (χ3v) is 3.05. The van der Waals surface area contributed by atoms with Crippen LogP contribution >= 0.6 is 0 Å². The van der Waals surface area contributed by atoms with E-state index in [1.54, 1.807) is 13.3 Å². The van der Waals surface area contributed by atoms with Gasteiger partial charge in [-0.15, -0.1) is 0 Å². The number of aryl methyl sites for hydroxylation is 2. The summed E-state index contributed by atoms with van der Waals surface area (Å²) in [6.07, 6.45) is 3.39. The normalized spacial score (nSPS) is 12.6. The first-order valence-electron chi connectivity index (χ1n) is 6.63. The maximum atomic E-state index is 6.02. The van der Waals surface area contributed by atoms with Gasteiger partial charge in [0.05, 0.1) is 6.04 Å². The van der Waals surface area contributed by atoms with Gasteiger partial charge in [0.15, 0.2) is 0 Å². The summed E-state index contributed by atoms with van der Waals surface area (Å²) in [6.45, 7) is 4.65. The number of rotatable bonds is 6. The number of aromatic nitrogens is 3. The van der Waals surface area contributed by atoms with Crippen LogP contribution in [0.2, 0.25) is 0 Å². The topological polar surface area (TPSA) is 87.1 Å². The van der Waals surface area contributed by atoms with Crippen molar-refractivity contribution in [3.05, 3.63) is 29.3 Å². The van der Waals surface area contributed by atoms with Crippen LogP contribution in [-0.2, 0) is 4.74 Å². The van der Waals surface area contributed by atoms with E-state index in [-0.39, 0.29) is 6.04 Å². The minimum atomic E-state index is -0.267. The van der Waals surface area contributed by atoms with Gasteiger partial charge in [0.1, 0.15) is 5.69 Å². The fourth-order valence-electron chi connectivity index (χ4n) is 2.00. The van der Waals surface area contributed by atoms with Crippen LogP contribution < -0.4 is 5.73 Å². The largest absolute Gasteiger partial charge is 0.385 e. The molecule has 0 spiro atoms. The molecule has 0 bridgehead atoms. The molecular formula is C14H20N4O2. The van der Waals surface area contributed by atoms with Gasteiger partial charge in [-0.3, -0.25) is 4.98 Å². The molecule has 2 heterocycles. The minimum Gasteiger partial charge on any atom is -0.385 e. The lowest BCUT2D eigenvalue weighted by molar-refractivity contribution is 0.188. The highest BCUT2D eigenvalue weighted by Crippen LogP contribution is 2.21. The van der Waals surface area contributed by atoms with Crippen LogP contribution in [0.1, 0.15) is 35.9 Å². The van der Waals surface area contributed by atoms with Crippen molar-refractivity contribution in [2.45, 2.75) is 32.7 Å². The van der Waals surface area contributed by atoms with Crippen LogP contribution in [0.3, 0.4) is 0 Å². The Hall–Kier alpha value is -1.79. The second-order valence-corrected chi connectivity index (χ2v) is 4.88. The zero-order valence-corrected chi connectivity index (χ0v) is 12.1. The fourth-order valence-corrected chi connectivity index (χ4v) is 2.00. The predicted molar refractivity (Wildman–Crippen MR) is 75.0 cm³/mol. The molecule has 0 fully saturated rings. The summed E-state index contributed by atoms with van der Waals surface area (Å²) in [4.78, 5) is 8.69. The number of hydrogen-bond donors (Lipinski definition) is 1. The molecule has 6 nitrogen and oxygen atoms in total. The maximum Gasteiger partial charge on any atom is 0.243 e. The molecule has 0 aliphatic rings. The van der Waals surface area contributed by atoms with Gasteiger partial charge in [0, 0.05) is 19.9 Å². The first-order valence-corrected chi connectivity index (χ1v) is 6.63. The van der Waals surface area contributed by atoms with E-state index in [4.69, 9.17) is 15.0 Å². The first kappa shape index (κ1) is 14.6. The Morgan fingerprint density at radius 2 is 2.20 bits per heavy atom. The number of ether oxygens (including phenoxy) is 1. The van der Waals surface area contributed by atoms with Gasteiger partial charge < -0.3 is 15.0 Å². The van der Waals surface area contributed by atoms with Crippen LogP contribution in [0.25, 0.3) is 11.5 Å². The second kappa shape index (κ2) is 6.58. The molecule has 0 saturated heterocycles. The quantitative estimate of drug-likeness (QED) is 0.814. The predicted octanol–water partition coefficient (Wildman–Crippen LogP) is 2.17. The Labute approximate surface area is 118 Å². The van der Waals surface area contributed by atoms with Crippen molar-refractivity contribution in [3.63, 3.8) is 0 Å². The van der Waals surface area contributed by atoms with Crippen molar-refractivity contribution in [2.24, 2.45) is 5.73 Å². The Morgan fingerprint density at radius 1 is 1.40 bits per heavy atom. The fraction of sp³-hybridized carbons (Fsp3) is 0.500. The molecule has 1 unspecified atom stereocenters. The van der Waals surface area contributed by atoms with Gasteiger partial charge in [-0.05, 0) is 37.8 Å². The zero-order valence-electron chi connectivity index (χ0n) is 12.1. The Bertz CT molecular complexity index is 568. The number of hydrogen-bond acceptors (Lipinski definition) is 6. The highest BCUT2D eigenvalue weighted by molar-refractivity contribution is 5.54. The van der Waals surface area contributed by atoms with Gasteiger partial charge in [-0.25, -0.2) is 0 Å². The van der Waals surface area contributed by atoms with Crippen LogP contribution in [0, 0.1) is 13.8 Å². The lowest BCUT2D eigenvalue weighted by Crippen LogP contribution is -2.11. The molecule has 2 rings (SSSR count). The molecule has 20 heavy (non-hydrogen) atoms. The molecule has 0 aliphatic carbocycles. The van der Waals surface area contributed by atoms with E-state index < -0.39 is 0 Å². The molecule has 2 N–H and O–H groups in total. The number of pyridine rings is 1. The molecular weight excluding hydrogens is 256 g/mol. The van der Waals surface area contributed by atoms with E-state index in [9.17, 15) is 0 Å². The van der Waals surface area contributed by atoms with E-state index in [2.05, 4.69) is 15.1 Å². The van der Waals surface area contributed by atoms with Gasteiger partial charge in [0.25, 0.3) is 0 Å². The molecule has 0 saturated carbocycles. The van der Waals surface area contributed by atoms with Crippen molar-refractivity contribution in [3.8, 4) is 11.5 Å². The highest BCUT2D eigenvalue weighted by Gasteiger charge is 2.17. The van der Waals surface area contributed by atoms with Gasteiger partial charge in [-0.2, -0.15) is 4.98 Å². The summed E-state index contributed by atoms with van der Waals surface area (Å²) in [7, 11) is 1.67. The van der Waals surface area contributed by atoms with Crippen molar-refractivity contribution >= 4 is 0 Å². The molecule has 0 amide bonds. The zero-order chi connectivity index (χ0) is 14.5. The lowest BCUT2D eigenvalue weighted by Gasteiger charge is -2.05. The standard InChI is InChI=1S/C14H20N4O2/c1-9-7-10(2)12(16-8-9)13-17-14(20-18-13)11(15)5-4-6-19-3/h7-8,11H,4-6,15H2,1-3H3. The van der Waals surface area contributed by atoms with E-state index in [1.807, 2.05) is 19.9 Å². The number of methoxy groups -OCH3 is 1. The molecule has 108 valence electrons. The van der Waals surface area contributed by atoms with Gasteiger partial charge in [-0.1, -0.05) is 11.2 Å². The lowest BCUT2D eigenvalue weighted by atomic mass is 10.1. The van der Waals surface area contributed by atoms with Crippen molar-refractivity contribution in [1.29, 1.82) is 0 Å². The van der Waals surface area contributed by atoms with Crippen LogP contribution in [0.15, 0.2) is 16.8 Å². The number of nitrogens with two attached hydrogens (primary N) is 1. The average Bonchev–Trinajstić information content (AvgIpc) is 2.88. The summed E-state index contributed by atoms with van der Waals surface area (Å²) in [5.74, 6) is 0.928. The van der Waals surface area contributed by atoms with E-state index in [1.165, 1.54) is 0 Å². The Morgan fingerprint density at radius 3 is 2.90 bits per heavy atom. The van der Waals surface area contributed by atoms with Crippen LogP contribution in [0.5, 0.6) is 0 Å².